The molecule has 3 heterocycles. The molecule has 3 amide bonds. The maximum atomic E-state index is 14.8. The van der Waals surface area contributed by atoms with Crippen LogP contribution in [0.3, 0.4) is 0 Å². The van der Waals surface area contributed by atoms with Crippen molar-refractivity contribution in [3.05, 3.63) is 84.4 Å². The van der Waals surface area contributed by atoms with Gasteiger partial charge in [-0.25, -0.2) is 0 Å². The largest absolute Gasteiger partial charge is 0.396 e. The summed E-state index contributed by atoms with van der Waals surface area (Å²) < 4.78 is 6.87. The number of para-hydroxylation sites is 2. The van der Waals surface area contributed by atoms with Crippen LogP contribution in [-0.4, -0.2) is 71.2 Å². The van der Waals surface area contributed by atoms with Crippen molar-refractivity contribution in [3.63, 3.8) is 0 Å². The summed E-state index contributed by atoms with van der Waals surface area (Å²) in [7, 11) is 0. The summed E-state index contributed by atoms with van der Waals surface area (Å²) in [6.45, 7) is 12.4. The standard InChI is InChI=1S/C35H42ClN3O5/c1-5-20-37(25-15-9-7-10-16-25)31(41)27-28-32(42)39(22-11-8-12-23-40)30(35(28)19-18-34(27,4)44-35)33(43)38(21-6-2)29-24(3)14-13-17-26(29)36/h5-7,9-10,13-17,27-28,30,40H,1-2,8,11-12,18-23H2,3-4H3/t27-,28+,30?,34+,35?/m1/s1. The molecule has 0 radical (unpaired) electrons. The van der Waals surface area contributed by atoms with Gasteiger partial charge >= 0.3 is 0 Å². The molecule has 2 unspecified atom stereocenters. The number of unbranched alkanes of at least 4 members (excludes halogenated alkanes) is 2. The minimum absolute atomic E-state index is 0.0540. The Balaban J connectivity index is 1.59. The highest BCUT2D eigenvalue weighted by Gasteiger charge is 2.78. The van der Waals surface area contributed by atoms with Crippen molar-refractivity contribution < 1.29 is 24.2 Å². The number of rotatable bonds is 13. The van der Waals surface area contributed by atoms with Gasteiger partial charge in [-0.15, -0.1) is 13.2 Å². The summed E-state index contributed by atoms with van der Waals surface area (Å²) >= 11 is 6.67. The Morgan fingerprint density at radius 1 is 1.02 bits per heavy atom. The van der Waals surface area contributed by atoms with E-state index in [4.69, 9.17) is 16.3 Å². The number of hydrogen-bond acceptors (Lipinski definition) is 5. The highest BCUT2D eigenvalue weighted by atomic mass is 35.5. The monoisotopic (exact) mass is 619 g/mol. The van der Waals surface area contributed by atoms with E-state index in [1.165, 1.54) is 0 Å². The van der Waals surface area contributed by atoms with Gasteiger partial charge in [0, 0.05) is 31.9 Å². The molecule has 8 nitrogen and oxygen atoms in total. The number of carbonyl (C=O) groups is 3. The van der Waals surface area contributed by atoms with Crippen LogP contribution in [0.1, 0.15) is 44.6 Å². The molecule has 0 aliphatic carbocycles. The van der Waals surface area contributed by atoms with Gasteiger partial charge in [0.05, 0.1) is 28.1 Å². The van der Waals surface area contributed by atoms with Gasteiger partial charge in [-0.3, -0.25) is 14.4 Å². The molecule has 1 N–H and O–H groups in total. The van der Waals surface area contributed by atoms with Crippen LogP contribution in [0.5, 0.6) is 0 Å². The average Bonchev–Trinajstić information content (AvgIpc) is 3.57. The lowest BCUT2D eigenvalue weighted by Gasteiger charge is -2.37. The third kappa shape index (κ3) is 5.27. The van der Waals surface area contributed by atoms with E-state index in [0.29, 0.717) is 55.0 Å². The van der Waals surface area contributed by atoms with Crippen molar-refractivity contribution >= 4 is 40.7 Å². The van der Waals surface area contributed by atoms with Gasteiger partial charge in [-0.2, -0.15) is 0 Å². The number of aryl methyl sites for hydroxylation is 1. The summed E-state index contributed by atoms with van der Waals surface area (Å²) in [4.78, 5) is 48.8. The van der Waals surface area contributed by atoms with Crippen molar-refractivity contribution in [3.8, 4) is 0 Å². The fourth-order valence-electron chi connectivity index (χ4n) is 7.65. The summed E-state index contributed by atoms with van der Waals surface area (Å²) in [5.41, 5.74) is 0.00431. The maximum Gasteiger partial charge on any atom is 0.253 e. The van der Waals surface area contributed by atoms with Crippen molar-refractivity contribution in [2.24, 2.45) is 11.8 Å². The SMILES string of the molecule is C=CCN(C(=O)[C@H]1[C@H]2C(=O)N(CCCCCO)C(C(=O)N(CC=C)c3c(C)cccc3Cl)C23CC[C@]1(C)O3)c1ccccc1. The van der Waals surface area contributed by atoms with Crippen molar-refractivity contribution in [2.75, 3.05) is 36.0 Å². The predicted octanol–water partition coefficient (Wildman–Crippen LogP) is 5.31. The second kappa shape index (κ2) is 12.9. The van der Waals surface area contributed by atoms with E-state index in [2.05, 4.69) is 13.2 Å². The predicted molar refractivity (Wildman–Crippen MR) is 173 cm³/mol. The molecule has 3 fully saturated rings. The van der Waals surface area contributed by atoms with Crippen LogP contribution in [0.4, 0.5) is 11.4 Å². The summed E-state index contributed by atoms with van der Waals surface area (Å²) in [5.74, 6) is -2.36. The van der Waals surface area contributed by atoms with Crippen LogP contribution in [0.2, 0.25) is 5.02 Å². The molecule has 5 rings (SSSR count). The molecule has 3 aliphatic rings. The lowest BCUT2D eigenvalue weighted by Crippen LogP contribution is -2.57. The number of likely N-dealkylation sites (tertiary alicyclic amines) is 1. The zero-order chi connectivity index (χ0) is 31.6. The summed E-state index contributed by atoms with van der Waals surface area (Å²) in [6.07, 6.45) is 6.23. The van der Waals surface area contributed by atoms with E-state index in [0.717, 1.165) is 5.56 Å². The highest BCUT2D eigenvalue weighted by molar-refractivity contribution is 6.34. The fourth-order valence-corrected chi connectivity index (χ4v) is 7.98. The van der Waals surface area contributed by atoms with Crippen LogP contribution in [0, 0.1) is 18.8 Å². The van der Waals surface area contributed by atoms with Crippen LogP contribution in [0.15, 0.2) is 73.8 Å². The first-order valence-electron chi connectivity index (χ1n) is 15.4. The Hall–Kier alpha value is -3.46. The molecule has 5 atom stereocenters. The number of hydrogen-bond donors (Lipinski definition) is 1. The minimum atomic E-state index is -1.18. The molecule has 3 aliphatic heterocycles. The molecule has 234 valence electrons. The third-order valence-corrected chi connectivity index (χ3v) is 9.82. The fraction of sp³-hybridized carbons (Fsp3) is 0.457. The highest BCUT2D eigenvalue weighted by Crippen LogP contribution is 2.63. The van der Waals surface area contributed by atoms with Gasteiger partial charge in [0.15, 0.2) is 0 Å². The molecule has 2 aromatic carbocycles. The lowest BCUT2D eigenvalue weighted by molar-refractivity contribution is -0.144. The van der Waals surface area contributed by atoms with Crippen molar-refractivity contribution in [1.29, 1.82) is 0 Å². The Kier molecular flexibility index (Phi) is 9.35. The Bertz CT molecular complexity index is 1410. The zero-order valence-electron chi connectivity index (χ0n) is 25.6. The molecular formula is C35H42ClN3O5. The van der Waals surface area contributed by atoms with Gasteiger partial charge < -0.3 is 24.5 Å². The van der Waals surface area contributed by atoms with Crippen LogP contribution >= 0.6 is 11.6 Å². The number of nitrogens with zero attached hydrogens (tertiary/aromatic N) is 3. The van der Waals surface area contributed by atoms with Gasteiger partial charge in [-0.05, 0) is 69.7 Å². The number of aliphatic hydroxyl groups excluding tert-OH is 1. The number of benzene rings is 2. The molecule has 2 bridgehead atoms. The molecule has 0 aromatic heterocycles. The van der Waals surface area contributed by atoms with Gasteiger partial charge in [-0.1, -0.05) is 54.1 Å². The van der Waals surface area contributed by atoms with Crippen molar-refractivity contribution in [1.82, 2.24) is 4.90 Å². The number of fused-ring (bicyclic) bond motifs is 1. The van der Waals surface area contributed by atoms with Gasteiger partial charge in [0.2, 0.25) is 11.8 Å². The number of carbonyl (C=O) groups excluding carboxylic acids is 3. The van der Waals surface area contributed by atoms with Gasteiger partial charge in [0.1, 0.15) is 11.6 Å². The van der Waals surface area contributed by atoms with E-state index in [-0.39, 0.29) is 37.4 Å². The zero-order valence-corrected chi connectivity index (χ0v) is 26.3. The van der Waals surface area contributed by atoms with E-state index in [9.17, 15) is 19.5 Å². The van der Waals surface area contributed by atoms with Crippen molar-refractivity contribution in [2.45, 2.75) is 63.2 Å². The number of amides is 3. The second-order valence-electron chi connectivity index (χ2n) is 12.3. The molecule has 0 saturated carbocycles. The number of ether oxygens (including phenoxy) is 1. The van der Waals surface area contributed by atoms with E-state index >= 15 is 0 Å². The second-order valence-corrected chi connectivity index (χ2v) is 12.7. The van der Waals surface area contributed by atoms with E-state index < -0.39 is 29.1 Å². The normalized spacial score (nSPS) is 26.9. The topological polar surface area (TPSA) is 90.4 Å². The van der Waals surface area contributed by atoms with Crippen LogP contribution in [-0.2, 0) is 19.1 Å². The Morgan fingerprint density at radius 2 is 1.73 bits per heavy atom. The third-order valence-electron chi connectivity index (χ3n) is 9.52. The first-order chi connectivity index (χ1) is 21.1. The number of anilines is 2. The maximum absolute atomic E-state index is 14.8. The lowest BCUT2D eigenvalue weighted by atomic mass is 9.66. The smallest absolute Gasteiger partial charge is 0.253 e. The summed E-state index contributed by atoms with van der Waals surface area (Å²) in [6, 6.07) is 13.9. The molecule has 9 heteroatoms. The molecule has 44 heavy (non-hydrogen) atoms. The van der Waals surface area contributed by atoms with Crippen LogP contribution < -0.4 is 9.80 Å². The molecule has 1 spiro atoms. The minimum Gasteiger partial charge on any atom is -0.396 e. The summed E-state index contributed by atoms with van der Waals surface area (Å²) in [5, 5.41) is 9.78. The van der Waals surface area contributed by atoms with Crippen LogP contribution in [0.25, 0.3) is 0 Å². The molecule has 3 saturated heterocycles. The van der Waals surface area contributed by atoms with E-state index in [1.807, 2.05) is 56.3 Å². The van der Waals surface area contributed by atoms with E-state index in [1.54, 1.807) is 32.9 Å². The number of aliphatic hydroxyl groups is 1. The first-order valence-corrected chi connectivity index (χ1v) is 15.8. The van der Waals surface area contributed by atoms with Gasteiger partial charge in [0.25, 0.3) is 5.91 Å². The Labute approximate surface area is 264 Å². The molecular weight excluding hydrogens is 578 g/mol. The number of halogens is 1. The Morgan fingerprint density at radius 3 is 2.39 bits per heavy atom. The quantitative estimate of drug-likeness (QED) is 0.242. The average molecular weight is 620 g/mol. The molecule has 2 aromatic rings. The first kappa shape index (κ1) is 31.9.